The zero-order chi connectivity index (χ0) is 31.0. The van der Waals surface area contributed by atoms with Crippen molar-refractivity contribution < 1.29 is 17.9 Å². The van der Waals surface area contributed by atoms with Gasteiger partial charge < -0.3 is 25.0 Å². The van der Waals surface area contributed by atoms with Crippen molar-refractivity contribution in [1.82, 2.24) is 4.90 Å². The van der Waals surface area contributed by atoms with Crippen LogP contribution in [-0.4, -0.2) is 71.6 Å². The van der Waals surface area contributed by atoms with Crippen LogP contribution in [0.5, 0.6) is 5.75 Å². The molecule has 0 atom stereocenters. The van der Waals surface area contributed by atoms with Crippen LogP contribution in [0, 0.1) is 23.2 Å². The number of anilines is 2. The van der Waals surface area contributed by atoms with Crippen molar-refractivity contribution in [3.63, 3.8) is 0 Å². The summed E-state index contributed by atoms with van der Waals surface area (Å²) in [7, 11) is -1.76. The van der Waals surface area contributed by atoms with Gasteiger partial charge in [-0.15, -0.1) is 11.3 Å². The first kappa shape index (κ1) is 30.9. The molecule has 2 saturated carbocycles. The van der Waals surface area contributed by atoms with Gasteiger partial charge in [0.25, 0.3) is 0 Å². The van der Waals surface area contributed by atoms with Crippen LogP contribution >= 0.6 is 11.3 Å². The van der Waals surface area contributed by atoms with Crippen molar-refractivity contribution in [1.29, 1.82) is 0 Å². The van der Waals surface area contributed by atoms with Crippen LogP contribution in [0.25, 0.3) is 10.1 Å². The predicted molar refractivity (Wildman–Crippen MR) is 183 cm³/mol. The molecule has 7 rings (SSSR count). The fourth-order valence-corrected chi connectivity index (χ4v) is 9.18. The van der Waals surface area contributed by atoms with E-state index in [0.717, 1.165) is 42.2 Å². The van der Waals surface area contributed by atoms with Gasteiger partial charge in [-0.25, -0.2) is 8.42 Å². The lowest BCUT2D eigenvalue weighted by Gasteiger charge is -2.49. The summed E-state index contributed by atoms with van der Waals surface area (Å²) in [5, 5.41) is 8.62. The van der Waals surface area contributed by atoms with E-state index in [4.69, 9.17) is 9.47 Å². The molecule has 2 saturated heterocycles. The molecule has 1 aromatic heterocycles. The SMILES string of the molecule is COc1cc(S(C)(=O)=O)ccc1NCC#Cc1sc2c(NC3CCC(N4CCC5(CC4)COC5)CC3)cccc2c1CC1CC1. The number of piperidine rings is 1. The standard InChI is InChI=1S/C36H45N3O4S2/c1-42-33-22-28(45(2,40)41)14-15-31(33)37-18-4-7-34-30(21-25-8-9-25)29-5-3-6-32(35(29)44-34)38-26-10-12-27(13-11-26)39-19-16-36(17-20-39)23-43-24-36/h3,5-6,14-15,22,25-27,37-38H,8-13,16-21,23-24H2,1-2H3. The van der Waals surface area contributed by atoms with Crippen LogP contribution in [0.3, 0.4) is 0 Å². The van der Waals surface area contributed by atoms with E-state index in [2.05, 4.69) is 45.6 Å². The Kier molecular flexibility index (Phi) is 8.77. The average molecular weight is 648 g/mol. The van der Waals surface area contributed by atoms with E-state index < -0.39 is 9.84 Å². The lowest BCUT2D eigenvalue weighted by Crippen LogP contribution is -2.53. The van der Waals surface area contributed by atoms with Crippen LogP contribution in [0.15, 0.2) is 41.3 Å². The molecule has 0 amide bonds. The number of nitrogens with zero attached hydrogens (tertiary/aromatic N) is 1. The number of hydrogen-bond acceptors (Lipinski definition) is 8. The number of likely N-dealkylation sites (tertiary alicyclic amines) is 1. The molecular weight excluding hydrogens is 603 g/mol. The molecule has 7 nitrogen and oxygen atoms in total. The van der Waals surface area contributed by atoms with Crippen molar-refractivity contribution in [3.8, 4) is 17.6 Å². The first-order valence-electron chi connectivity index (χ1n) is 16.5. The Hall–Kier alpha value is -2.77. The number of nitrogens with one attached hydrogen (secondary N) is 2. The van der Waals surface area contributed by atoms with Gasteiger partial charge in [0.1, 0.15) is 5.75 Å². The van der Waals surface area contributed by atoms with Crippen molar-refractivity contribution in [2.75, 3.05) is 56.8 Å². The number of fused-ring (bicyclic) bond motifs is 1. The lowest BCUT2D eigenvalue weighted by atomic mass is 9.76. The van der Waals surface area contributed by atoms with Crippen LogP contribution in [-0.2, 0) is 21.0 Å². The molecule has 4 aliphatic rings. The zero-order valence-electron chi connectivity index (χ0n) is 26.5. The predicted octanol–water partition coefficient (Wildman–Crippen LogP) is 6.57. The minimum atomic E-state index is -3.30. The van der Waals surface area contributed by atoms with Gasteiger partial charge in [-0.3, -0.25) is 0 Å². The molecule has 240 valence electrons. The van der Waals surface area contributed by atoms with E-state index in [0.29, 0.717) is 23.8 Å². The number of benzene rings is 2. The fraction of sp³-hybridized carbons (Fsp3) is 0.556. The Morgan fingerprint density at radius 3 is 2.49 bits per heavy atom. The summed E-state index contributed by atoms with van der Waals surface area (Å²) in [6.07, 6.45) is 12.5. The Morgan fingerprint density at radius 1 is 1.04 bits per heavy atom. The van der Waals surface area contributed by atoms with Crippen LogP contribution in [0.4, 0.5) is 11.4 Å². The highest BCUT2D eigenvalue weighted by molar-refractivity contribution is 7.90. The zero-order valence-corrected chi connectivity index (χ0v) is 28.1. The number of sulfone groups is 1. The molecule has 2 N–H and O–H groups in total. The second-order valence-corrected chi connectivity index (χ2v) is 16.7. The summed E-state index contributed by atoms with van der Waals surface area (Å²) >= 11 is 1.82. The smallest absolute Gasteiger partial charge is 0.175 e. The van der Waals surface area contributed by atoms with Gasteiger partial charge >= 0.3 is 0 Å². The highest BCUT2D eigenvalue weighted by atomic mass is 32.2. The largest absolute Gasteiger partial charge is 0.495 e. The first-order chi connectivity index (χ1) is 21.8. The Bertz CT molecular complexity index is 1700. The number of rotatable bonds is 9. The molecule has 0 radical (unpaired) electrons. The lowest BCUT2D eigenvalue weighted by molar-refractivity contribution is -0.143. The summed E-state index contributed by atoms with van der Waals surface area (Å²) in [6.45, 7) is 4.89. The van der Waals surface area contributed by atoms with Crippen LogP contribution in [0.1, 0.15) is 61.8 Å². The third kappa shape index (κ3) is 6.85. The monoisotopic (exact) mass is 647 g/mol. The molecular formula is C36H45N3O4S2. The second-order valence-electron chi connectivity index (χ2n) is 13.7. The molecule has 2 aliphatic carbocycles. The van der Waals surface area contributed by atoms with Gasteiger partial charge in [0.2, 0.25) is 0 Å². The highest BCUT2D eigenvalue weighted by Crippen LogP contribution is 2.43. The van der Waals surface area contributed by atoms with E-state index in [1.54, 1.807) is 25.3 Å². The molecule has 0 unspecified atom stereocenters. The summed E-state index contributed by atoms with van der Waals surface area (Å²) in [5.41, 5.74) is 3.89. The minimum absolute atomic E-state index is 0.239. The Balaban J connectivity index is 1.02. The number of methoxy groups -OCH3 is 1. The highest BCUT2D eigenvalue weighted by Gasteiger charge is 2.42. The number of hydrogen-bond donors (Lipinski definition) is 2. The van der Waals surface area contributed by atoms with E-state index in [-0.39, 0.29) is 4.90 Å². The first-order valence-corrected chi connectivity index (χ1v) is 19.2. The molecule has 45 heavy (non-hydrogen) atoms. The van der Waals surface area contributed by atoms with Gasteiger partial charge in [-0.2, -0.15) is 0 Å². The molecule has 1 spiro atoms. The Morgan fingerprint density at radius 2 is 1.82 bits per heavy atom. The fourth-order valence-electron chi connectivity index (χ4n) is 7.36. The van der Waals surface area contributed by atoms with Gasteiger partial charge in [0.05, 0.1) is 52.7 Å². The molecule has 3 heterocycles. The topological polar surface area (TPSA) is 79.9 Å². The van der Waals surface area contributed by atoms with Gasteiger partial charge in [0, 0.05) is 29.8 Å². The van der Waals surface area contributed by atoms with E-state index in [1.807, 2.05) is 11.3 Å². The van der Waals surface area contributed by atoms with Crippen molar-refractivity contribution in [3.05, 3.63) is 46.8 Å². The summed E-state index contributed by atoms with van der Waals surface area (Å²) in [6, 6.07) is 12.9. The quantitative estimate of drug-likeness (QED) is 0.255. The maximum Gasteiger partial charge on any atom is 0.175 e. The minimum Gasteiger partial charge on any atom is -0.495 e. The van der Waals surface area contributed by atoms with E-state index in [1.165, 1.54) is 92.0 Å². The average Bonchev–Trinajstić information content (AvgIpc) is 3.79. The van der Waals surface area contributed by atoms with Crippen molar-refractivity contribution in [2.45, 2.75) is 74.8 Å². The van der Waals surface area contributed by atoms with E-state index >= 15 is 0 Å². The number of thiophene rings is 1. The van der Waals surface area contributed by atoms with Crippen LogP contribution in [0.2, 0.25) is 0 Å². The molecule has 4 fully saturated rings. The molecule has 2 aromatic carbocycles. The third-order valence-corrected chi connectivity index (χ3v) is 12.7. The van der Waals surface area contributed by atoms with Gasteiger partial charge in [-0.1, -0.05) is 24.0 Å². The molecule has 2 aliphatic heterocycles. The summed E-state index contributed by atoms with van der Waals surface area (Å²) < 4.78 is 36.2. The molecule has 0 bridgehead atoms. The second kappa shape index (κ2) is 12.8. The maximum absolute atomic E-state index is 11.9. The van der Waals surface area contributed by atoms with E-state index in [9.17, 15) is 8.42 Å². The Labute approximate surface area is 272 Å². The van der Waals surface area contributed by atoms with Crippen molar-refractivity contribution >= 4 is 42.6 Å². The number of ether oxygens (including phenoxy) is 2. The normalized spacial score (nSPS) is 23.2. The van der Waals surface area contributed by atoms with Gasteiger partial charge in [0.15, 0.2) is 9.84 Å². The van der Waals surface area contributed by atoms with Crippen LogP contribution < -0.4 is 15.4 Å². The van der Waals surface area contributed by atoms with Gasteiger partial charge in [-0.05, 0) is 106 Å². The molecule has 9 heteroatoms. The van der Waals surface area contributed by atoms with Crippen molar-refractivity contribution in [2.24, 2.45) is 11.3 Å². The third-order valence-electron chi connectivity index (χ3n) is 10.4. The summed E-state index contributed by atoms with van der Waals surface area (Å²) in [5.74, 6) is 8.09. The molecule has 3 aromatic rings. The summed E-state index contributed by atoms with van der Waals surface area (Å²) in [4.78, 5) is 4.17. The maximum atomic E-state index is 11.9.